The Labute approximate surface area is 89.8 Å². The molecule has 1 aliphatic carbocycles. The molecule has 2 nitrogen and oxygen atoms in total. The minimum Gasteiger partial charge on any atom is -0.310 e. The van der Waals surface area contributed by atoms with Crippen LogP contribution in [0.4, 0.5) is 0 Å². The number of nitrogens with zero attached hydrogens (tertiary/aromatic N) is 1. The molecule has 0 saturated carbocycles. The molecule has 0 fully saturated rings. The Kier molecular flexibility index (Phi) is 3.54. The molecule has 0 amide bonds. The molecule has 0 saturated heterocycles. The Bertz CT molecular complexity index is 270. The van der Waals surface area contributed by atoms with Crippen LogP contribution in [0.1, 0.15) is 41.8 Å². The maximum atomic E-state index is 4.68. The fraction of sp³-hybridized carbons (Fsp3) is 0.727. The van der Waals surface area contributed by atoms with Crippen molar-refractivity contribution in [2.24, 2.45) is 0 Å². The van der Waals surface area contributed by atoms with Gasteiger partial charge in [0.15, 0.2) is 0 Å². The van der Waals surface area contributed by atoms with Gasteiger partial charge in [-0.3, -0.25) is 0 Å². The molecule has 0 bridgehead atoms. The van der Waals surface area contributed by atoms with Crippen LogP contribution in [0.15, 0.2) is 0 Å². The highest BCUT2D eigenvalue weighted by atomic mass is 32.1. The number of aromatic nitrogens is 1. The van der Waals surface area contributed by atoms with Gasteiger partial charge < -0.3 is 5.32 Å². The molecule has 1 aromatic rings. The zero-order valence-electron chi connectivity index (χ0n) is 8.81. The van der Waals surface area contributed by atoms with Crippen molar-refractivity contribution in [1.82, 2.24) is 10.3 Å². The average molecular weight is 210 g/mol. The summed E-state index contributed by atoms with van der Waals surface area (Å²) in [5.74, 6) is 0. The molecular formula is C11H18N2S. The quantitative estimate of drug-likeness (QED) is 0.772. The summed E-state index contributed by atoms with van der Waals surface area (Å²) in [4.78, 5) is 6.22. The second kappa shape index (κ2) is 4.89. The van der Waals surface area contributed by atoms with Crippen molar-refractivity contribution in [2.45, 2.75) is 45.6 Å². The first-order chi connectivity index (χ1) is 6.90. The summed E-state index contributed by atoms with van der Waals surface area (Å²) in [5.41, 5.74) is 1.38. The average Bonchev–Trinajstić information content (AvgIpc) is 2.60. The summed E-state index contributed by atoms with van der Waals surface area (Å²) in [6, 6.07) is 0. The van der Waals surface area contributed by atoms with Gasteiger partial charge in [0.05, 0.1) is 5.69 Å². The molecule has 0 aliphatic heterocycles. The van der Waals surface area contributed by atoms with Crippen LogP contribution >= 0.6 is 11.3 Å². The molecule has 78 valence electrons. The van der Waals surface area contributed by atoms with Crippen molar-refractivity contribution in [2.75, 3.05) is 6.54 Å². The van der Waals surface area contributed by atoms with E-state index in [-0.39, 0.29) is 0 Å². The van der Waals surface area contributed by atoms with E-state index in [1.54, 1.807) is 4.88 Å². The second-order valence-corrected chi connectivity index (χ2v) is 5.03. The van der Waals surface area contributed by atoms with Crippen LogP contribution in [0, 0.1) is 0 Å². The van der Waals surface area contributed by atoms with Gasteiger partial charge in [-0.1, -0.05) is 6.92 Å². The minimum absolute atomic E-state index is 0.964. The van der Waals surface area contributed by atoms with E-state index in [1.807, 2.05) is 11.3 Å². The lowest BCUT2D eigenvalue weighted by Crippen LogP contribution is -2.13. The van der Waals surface area contributed by atoms with Gasteiger partial charge in [0, 0.05) is 11.4 Å². The number of fused-ring (bicyclic) bond motifs is 1. The van der Waals surface area contributed by atoms with E-state index in [9.17, 15) is 0 Å². The molecule has 3 heteroatoms. The Morgan fingerprint density at radius 2 is 2.21 bits per heavy atom. The first-order valence-electron chi connectivity index (χ1n) is 5.58. The number of hydrogen-bond acceptors (Lipinski definition) is 3. The summed E-state index contributed by atoms with van der Waals surface area (Å²) in [6.45, 7) is 4.26. The Balaban J connectivity index is 1.94. The van der Waals surface area contributed by atoms with Crippen LogP contribution in [0.3, 0.4) is 0 Å². The molecule has 0 spiro atoms. The third-order valence-corrected chi connectivity index (χ3v) is 3.75. The highest BCUT2D eigenvalue weighted by Crippen LogP contribution is 2.26. The van der Waals surface area contributed by atoms with Gasteiger partial charge in [-0.2, -0.15) is 0 Å². The van der Waals surface area contributed by atoms with Crippen LogP contribution in [0.25, 0.3) is 0 Å². The van der Waals surface area contributed by atoms with E-state index >= 15 is 0 Å². The van der Waals surface area contributed by atoms with Gasteiger partial charge in [-0.05, 0) is 38.6 Å². The van der Waals surface area contributed by atoms with Gasteiger partial charge in [0.2, 0.25) is 0 Å². The van der Waals surface area contributed by atoms with Crippen molar-refractivity contribution in [3.8, 4) is 0 Å². The Morgan fingerprint density at radius 1 is 1.36 bits per heavy atom. The summed E-state index contributed by atoms with van der Waals surface area (Å²) in [7, 11) is 0. The summed E-state index contributed by atoms with van der Waals surface area (Å²) in [5, 5.41) is 4.69. The maximum Gasteiger partial charge on any atom is 0.107 e. The second-order valence-electron chi connectivity index (χ2n) is 3.86. The topological polar surface area (TPSA) is 24.9 Å². The first-order valence-corrected chi connectivity index (χ1v) is 6.40. The standard InChI is InChI=1S/C11H18N2S/c1-2-7-12-8-11-13-9-5-3-4-6-10(9)14-11/h12H,2-8H2,1H3. The van der Waals surface area contributed by atoms with Crippen LogP contribution in [0.5, 0.6) is 0 Å². The molecule has 0 atom stereocenters. The van der Waals surface area contributed by atoms with Crippen molar-refractivity contribution in [1.29, 1.82) is 0 Å². The number of rotatable bonds is 4. The number of thiazole rings is 1. The van der Waals surface area contributed by atoms with E-state index in [0.717, 1.165) is 13.1 Å². The number of hydrogen-bond donors (Lipinski definition) is 1. The molecular weight excluding hydrogens is 192 g/mol. The molecule has 1 aromatic heterocycles. The van der Waals surface area contributed by atoms with Crippen LogP contribution in [-0.4, -0.2) is 11.5 Å². The smallest absolute Gasteiger partial charge is 0.107 e. The van der Waals surface area contributed by atoms with E-state index in [0.29, 0.717) is 0 Å². The van der Waals surface area contributed by atoms with E-state index in [2.05, 4.69) is 17.2 Å². The molecule has 1 N–H and O–H groups in total. The SMILES string of the molecule is CCCNCc1nc2c(s1)CCCC2. The largest absolute Gasteiger partial charge is 0.310 e. The lowest BCUT2D eigenvalue weighted by atomic mass is 10.0. The highest BCUT2D eigenvalue weighted by Gasteiger charge is 2.14. The zero-order valence-corrected chi connectivity index (χ0v) is 9.62. The highest BCUT2D eigenvalue weighted by molar-refractivity contribution is 7.11. The third kappa shape index (κ3) is 2.34. The van der Waals surface area contributed by atoms with E-state index in [4.69, 9.17) is 0 Å². The van der Waals surface area contributed by atoms with Gasteiger partial charge in [0.1, 0.15) is 5.01 Å². The van der Waals surface area contributed by atoms with Crippen molar-refractivity contribution in [3.63, 3.8) is 0 Å². The Hall–Kier alpha value is -0.410. The third-order valence-electron chi connectivity index (χ3n) is 2.59. The van der Waals surface area contributed by atoms with E-state index in [1.165, 1.54) is 42.8 Å². The van der Waals surface area contributed by atoms with Crippen molar-refractivity contribution < 1.29 is 0 Å². The molecule has 1 heterocycles. The predicted molar refractivity (Wildman–Crippen MR) is 60.8 cm³/mol. The van der Waals surface area contributed by atoms with Gasteiger partial charge >= 0.3 is 0 Å². The first kappa shape index (κ1) is 10.1. The fourth-order valence-electron chi connectivity index (χ4n) is 1.85. The minimum atomic E-state index is 0.964. The lowest BCUT2D eigenvalue weighted by molar-refractivity contribution is 0.660. The number of nitrogens with one attached hydrogen (secondary N) is 1. The van der Waals surface area contributed by atoms with Crippen LogP contribution in [0.2, 0.25) is 0 Å². The normalized spacial score (nSPS) is 15.5. The summed E-state index contributed by atoms with van der Waals surface area (Å²) < 4.78 is 0. The fourth-order valence-corrected chi connectivity index (χ4v) is 2.98. The molecule has 2 rings (SSSR count). The van der Waals surface area contributed by atoms with Crippen molar-refractivity contribution >= 4 is 11.3 Å². The molecule has 0 aromatic carbocycles. The molecule has 0 unspecified atom stereocenters. The Morgan fingerprint density at radius 3 is 3.00 bits per heavy atom. The summed E-state index contributed by atoms with van der Waals surface area (Å²) in [6.07, 6.45) is 6.36. The molecule has 14 heavy (non-hydrogen) atoms. The van der Waals surface area contributed by atoms with Crippen molar-refractivity contribution in [3.05, 3.63) is 15.6 Å². The van der Waals surface area contributed by atoms with E-state index < -0.39 is 0 Å². The van der Waals surface area contributed by atoms with Gasteiger partial charge in [0.25, 0.3) is 0 Å². The molecule has 1 aliphatic rings. The zero-order chi connectivity index (χ0) is 9.80. The molecule has 0 radical (unpaired) electrons. The van der Waals surface area contributed by atoms with Crippen LogP contribution in [-0.2, 0) is 19.4 Å². The van der Waals surface area contributed by atoms with Gasteiger partial charge in [-0.25, -0.2) is 4.98 Å². The lowest BCUT2D eigenvalue weighted by Gasteiger charge is -2.06. The van der Waals surface area contributed by atoms with Crippen LogP contribution < -0.4 is 5.32 Å². The summed E-state index contributed by atoms with van der Waals surface area (Å²) >= 11 is 1.91. The monoisotopic (exact) mass is 210 g/mol. The van der Waals surface area contributed by atoms with Gasteiger partial charge in [-0.15, -0.1) is 11.3 Å². The predicted octanol–water partition coefficient (Wildman–Crippen LogP) is 2.52. The number of aryl methyl sites for hydroxylation is 2. The maximum absolute atomic E-state index is 4.68.